The summed E-state index contributed by atoms with van der Waals surface area (Å²) in [6.07, 6.45) is -1.12. The van der Waals surface area contributed by atoms with Crippen molar-refractivity contribution in [3.8, 4) is 5.75 Å². The Labute approximate surface area is 233 Å². The molecule has 212 valence electrons. The summed E-state index contributed by atoms with van der Waals surface area (Å²) in [7, 11) is 1.32. The highest BCUT2D eigenvalue weighted by Crippen LogP contribution is 2.36. The minimum atomic E-state index is -4.54. The third-order valence-corrected chi connectivity index (χ3v) is 7.82. The molecule has 0 bridgehead atoms. The molecule has 2 aromatic carbocycles. The molecule has 8 nitrogen and oxygen atoms in total. The van der Waals surface area contributed by atoms with Gasteiger partial charge in [-0.05, 0) is 67.1 Å². The number of benzene rings is 2. The van der Waals surface area contributed by atoms with Crippen LogP contribution in [0.4, 0.5) is 18.0 Å². The molecule has 1 aromatic heterocycles. The molecule has 0 N–H and O–H groups in total. The van der Waals surface area contributed by atoms with E-state index in [1.54, 1.807) is 30.5 Å². The van der Waals surface area contributed by atoms with E-state index in [0.717, 1.165) is 30.9 Å². The average molecular weight is 575 g/mol. The molecule has 0 aliphatic carbocycles. The van der Waals surface area contributed by atoms with E-state index in [2.05, 4.69) is 10.00 Å². The molecule has 2 amide bonds. The quantitative estimate of drug-likeness (QED) is 0.357. The molecule has 2 unspecified atom stereocenters. The van der Waals surface area contributed by atoms with Crippen LogP contribution in [0.1, 0.15) is 30.5 Å². The number of amides is 2. The number of alkyl halides is 3. The Hall–Kier alpha value is -3.35. The van der Waals surface area contributed by atoms with E-state index in [1.165, 1.54) is 28.8 Å². The van der Waals surface area contributed by atoms with Gasteiger partial charge in [-0.2, -0.15) is 18.3 Å². The molecule has 2 saturated heterocycles. The summed E-state index contributed by atoms with van der Waals surface area (Å²) in [6.45, 7) is 6.31. The monoisotopic (exact) mass is 574 g/mol. The summed E-state index contributed by atoms with van der Waals surface area (Å²) < 4.78 is 53.2. The lowest BCUT2D eigenvalue weighted by Gasteiger charge is -2.35. The second-order valence-corrected chi connectivity index (χ2v) is 11.0. The van der Waals surface area contributed by atoms with Crippen molar-refractivity contribution >= 4 is 39.9 Å². The Bertz CT molecular complexity index is 1460. The van der Waals surface area contributed by atoms with E-state index in [1.807, 2.05) is 13.8 Å². The second-order valence-electron chi connectivity index (χ2n) is 9.99. The van der Waals surface area contributed by atoms with Crippen molar-refractivity contribution in [3.63, 3.8) is 0 Å². The number of halogens is 3. The number of aromatic nitrogens is 2. The lowest BCUT2D eigenvalue weighted by atomic mass is 10.1. The number of ether oxygens (including phenoxy) is 2. The maximum Gasteiger partial charge on any atom is 0.416 e. The van der Waals surface area contributed by atoms with Gasteiger partial charge in [-0.3, -0.25) is 24.1 Å². The zero-order valence-corrected chi connectivity index (χ0v) is 23.1. The molecule has 0 spiro atoms. The normalized spacial score (nSPS) is 21.6. The van der Waals surface area contributed by atoms with Gasteiger partial charge >= 0.3 is 6.18 Å². The van der Waals surface area contributed by atoms with Crippen molar-refractivity contribution in [3.05, 3.63) is 64.2 Å². The van der Waals surface area contributed by atoms with Gasteiger partial charge in [0.1, 0.15) is 5.75 Å². The van der Waals surface area contributed by atoms with E-state index in [0.29, 0.717) is 34.5 Å². The Kier molecular flexibility index (Phi) is 7.94. The number of nitrogens with zero attached hydrogens (tertiary/aromatic N) is 4. The number of hydrogen-bond donors (Lipinski definition) is 0. The number of carbonyl (C=O) groups excluding carboxylic acids is 2. The molecule has 2 aliphatic rings. The van der Waals surface area contributed by atoms with Crippen LogP contribution in [0, 0.1) is 0 Å². The van der Waals surface area contributed by atoms with Crippen LogP contribution in [0.25, 0.3) is 17.0 Å². The van der Waals surface area contributed by atoms with Crippen LogP contribution in [-0.4, -0.2) is 76.2 Å². The Morgan fingerprint density at radius 2 is 1.85 bits per heavy atom. The third-order valence-electron chi connectivity index (χ3n) is 6.91. The molecular formula is C28H29F3N4O4S. The van der Waals surface area contributed by atoms with Crippen molar-refractivity contribution < 1.29 is 32.2 Å². The number of hydrogen-bond acceptors (Lipinski definition) is 7. The van der Waals surface area contributed by atoms with Gasteiger partial charge in [0.15, 0.2) is 0 Å². The van der Waals surface area contributed by atoms with Crippen LogP contribution in [0.15, 0.2) is 47.5 Å². The van der Waals surface area contributed by atoms with Gasteiger partial charge < -0.3 is 9.47 Å². The summed E-state index contributed by atoms with van der Waals surface area (Å²) in [5.74, 6) is -0.208. The van der Waals surface area contributed by atoms with Gasteiger partial charge in [-0.25, -0.2) is 0 Å². The summed E-state index contributed by atoms with van der Waals surface area (Å²) in [6, 6.07) is 9.15. The molecule has 12 heteroatoms. The van der Waals surface area contributed by atoms with Gasteiger partial charge in [-0.15, -0.1) is 0 Å². The van der Waals surface area contributed by atoms with Crippen LogP contribution in [0.3, 0.4) is 0 Å². The van der Waals surface area contributed by atoms with E-state index in [9.17, 15) is 22.8 Å². The lowest BCUT2D eigenvalue weighted by molar-refractivity contribution is -0.138. The van der Waals surface area contributed by atoms with E-state index >= 15 is 0 Å². The van der Waals surface area contributed by atoms with Crippen LogP contribution >= 0.6 is 11.8 Å². The molecule has 5 rings (SSSR count). The number of carbonyl (C=O) groups is 2. The van der Waals surface area contributed by atoms with Crippen molar-refractivity contribution in [2.45, 2.75) is 38.8 Å². The Balaban J connectivity index is 1.30. The van der Waals surface area contributed by atoms with Crippen LogP contribution in [0.5, 0.6) is 5.75 Å². The first-order chi connectivity index (χ1) is 19.0. The molecule has 2 fully saturated rings. The second kappa shape index (κ2) is 11.3. The van der Waals surface area contributed by atoms with Crippen molar-refractivity contribution in [2.75, 3.05) is 33.3 Å². The van der Waals surface area contributed by atoms with Crippen molar-refractivity contribution in [2.24, 2.45) is 0 Å². The van der Waals surface area contributed by atoms with E-state index in [4.69, 9.17) is 9.47 Å². The van der Waals surface area contributed by atoms with Gasteiger partial charge in [0.25, 0.3) is 11.1 Å². The minimum Gasteiger partial charge on any atom is -0.497 e. The molecule has 0 saturated carbocycles. The number of methoxy groups -OCH3 is 1. The first kappa shape index (κ1) is 28.2. The summed E-state index contributed by atoms with van der Waals surface area (Å²) >= 11 is 0.901. The lowest BCUT2D eigenvalue weighted by Crippen LogP contribution is -2.48. The van der Waals surface area contributed by atoms with Crippen LogP contribution in [-0.2, 0) is 22.3 Å². The fraction of sp³-hybridized carbons (Fsp3) is 0.393. The Morgan fingerprint density at radius 1 is 1.10 bits per heavy atom. The molecule has 2 atom stereocenters. The first-order valence-electron chi connectivity index (χ1n) is 12.8. The van der Waals surface area contributed by atoms with E-state index < -0.39 is 11.7 Å². The predicted octanol–water partition coefficient (Wildman–Crippen LogP) is 5.26. The SMILES string of the molecule is COc1ccc(Cn2ncc3cc(C=C4SC(=O)N(CCN5CC(C)OC(C)C5)C4=O)ccc32)c(C(F)(F)F)c1. The summed E-state index contributed by atoms with van der Waals surface area (Å²) in [5, 5.41) is 4.69. The van der Waals surface area contributed by atoms with Crippen LogP contribution in [0.2, 0.25) is 0 Å². The summed E-state index contributed by atoms with van der Waals surface area (Å²) in [4.78, 5) is 29.4. The topological polar surface area (TPSA) is 76.9 Å². The van der Waals surface area contributed by atoms with Crippen molar-refractivity contribution in [1.29, 1.82) is 0 Å². The zero-order chi connectivity index (χ0) is 28.6. The van der Waals surface area contributed by atoms with Gasteiger partial charge in [0.2, 0.25) is 0 Å². The number of rotatable bonds is 7. The smallest absolute Gasteiger partial charge is 0.416 e. The molecule has 0 radical (unpaired) electrons. The molecule has 3 heterocycles. The maximum absolute atomic E-state index is 13.7. The predicted molar refractivity (Wildman–Crippen MR) is 146 cm³/mol. The molecule has 40 heavy (non-hydrogen) atoms. The van der Waals surface area contributed by atoms with Crippen molar-refractivity contribution in [1.82, 2.24) is 19.6 Å². The largest absolute Gasteiger partial charge is 0.497 e. The minimum absolute atomic E-state index is 0.0667. The number of thioether (sulfide) groups is 1. The number of imide groups is 1. The molecular weight excluding hydrogens is 545 g/mol. The zero-order valence-electron chi connectivity index (χ0n) is 22.3. The fourth-order valence-corrected chi connectivity index (χ4v) is 5.98. The standard InChI is InChI=1S/C28H29F3N4O4S/c1-17-14-33(15-18(2)39-17)8-9-34-26(36)25(40-27(34)37)11-19-4-7-24-21(10-19)13-32-35(24)16-20-5-6-22(38-3)12-23(20)28(29,30)31/h4-7,10-13,17-18H,8-9,14-16H2,1-3H3. The van der Waals surface area contributed by atoms with Crippen LogP contribution < -0.4 is 4.74 Å². The maximum atomic E-state index is 13.7. The average Bonchev–Trinajstić information content (AvgIpc) is 3.40. The van der Waals surface area contributed by atoms with Gasteiger partial charge in [0, 0.05) is 31.6 Å². The van der Waals surface area contributed by atoms with Gasteiger partial charge in [-0.1, -0.05) is 12.1 Å². The van der Waals surface area contributed by atoms with E-state index in [-0.39, 0.29) is 41.2 Å². The summed E-state index contributed by atoms with van der Waals surface area (Å²) in [5.41, 5.74) is 0.620. The fourth-order valence-electron chi connectivity index (χ4n) is 5.12. The molecule has 3 aromatic rings. The first-order valence-corrected chi connectivity index (χ1v) is 13.7. The molecule has 2 aliphatic heterocycles. The number of morpholine rings is 1. The third kappa shape index (κ3) is 6.03. The Morgan fingerprint density at radius 3 is 2.55 bits per heavy atom. The highest BCUT2D eigenvalue weighted by atomic mass is 32.2. The highest BCUT2D eigenvalue weighted by molar-refractivity contribution is 8.18. The number of fused-ring (bicyclic) bond motifs is 1. The highest BCUT2D eigenvalue weighted by Gasteiger charge is 2.36. The van der Waals surface area contributed by atoms with Gasteiger partial charge in [0.05, 0.1) is 48.0 Å².